The van der Waals surface area contributed by atoms with Crippen LogP contribution in [-0.4, -0.2) is 48.2 Å². The standard InChI is InChI=1S/C17H22N2O3/c20-14-6-10-19(11-7-14)9-3-8-18-17(21)16-12-13-4-1-2-5-15(13)22-16/h1-2,4-5,12,14,20H,3,6-11H2,(H,18,21). The minimum absolute atomic E-state index is 0.135. The van der Waals surface area contributed by atoms with E-state index in [1.807, 2.05) is 24.3 Å². The Labute approximate surface area is 129 Å². The molecular weight excluding hydrogens is 280 g/mol. The molecule has 0 radical (unpaired) electrons. The summed E-state index contributed by atoms with van der Waals surface area (Å²) in [5.41, 5.74) is 0.736. The van der Waals surface area contributed by atoms with E-state index in [-0.39, 0.29) is 12.0 Å². The fourth-order valence-electron chi connectivity index (χ4n) is 2.83. The number of nitrogens with zero attached hydrogens (tertiary/aromatic N) is 1. The van der Waals surface area contributed by atoms with Gasteiger partial charge in [0.2, 0.25) is 0 Å². The molecule has 1 aliphatic rings. The number of carbonyl (C=O) groups excluding carboxylic acids is 1. The molecule has 0 atom stereocenters. The molecule has 1 fully saturated rings. The number of aliphatic hydroxyl groups excluding tert-OH is 1. The van der Waals surface area contributed by atoms with Crippen molar-refractivity contribution in [1.82, 2.24) is 10.2 Å². The van der Waals surface area contributed by atoms with Crippen molar-refractivity contribution in [2.45, 2.75) is 25.4 Å². The molecule has 5 heteroatoms. The number of furan rings is 1. The van der Waals surface area contributed by atoms with E-state index in [1.54, 1.807) is 6.07 Å². The van der Waals surface area contributed by atoms with Crippen LogP contribution in [0.15, 0.2) is 34.7 Å². The molecule has 1 aromatic carbocycles. The van der Waals surface area contributed by atoms with Gasteiger partial charge in [0.05, 0.1) is 6.10 Å². The van der Waals surface area contributed by atoms with Gasteiger partial charge in [-0.05, 0) is 37.9 Å². The van der Waals surface area contributed by atoms with Crippen LogP contribution >= 0.6 is 0 Å². The van der Waals surface area contributed by atoms with Crippen molar-refractivity contribution < 1.29 is 14.3 Å². The molecule has 3 rings (SSSR count). The SMILES string of the molecule is O=C(NCCCN1CCC(O)CC1)c1cc2ccccc2o1. The van der Waals surface area contributed by atoms with E-state index in [0.717, 1.165) is 49.9 Å². The van der Waals surface area contributed by atoms with Crippen LogP contribution < -0.4 is 5.32 Å². The highest BCUT2D eigenvalue weighted by molar-refractivity contribution is 5.95. The predicted octanol–water partition coefficient (Wildman–Crippen LogP) is 2.01. The average molecular weight is 302 g/mol. The number of likely N-dealkylation sites (tertiary alicyclic amines) is 1. The van der Waals surface area contributed by atoms with E-state index in [2.05, 4.69) is 10.2 Å². The van der Waals surface area contributed by atoms with E-state index in [9.17, 15) is 9.90 Å². The van der Waals surface area contributed by atoms with Crippen LogP contribution in [0.25, 0.3) is 11.0 Å². The van der Waals surface area contributed by atoms with Crippen LogP contribution in [-0.2, 0) is 0 Å². The second kappa shape index (κ2) is 6.94. The first-order valence-electron chi connectivity index (χ1n) is 7.89. The quantitative estimate of drug-likeness (QED) is 0.829. The Balaban J connectivity index is 1.42. The summed E-state index contributed by atoms with van der Waals surface area (Å²) in [6.45, 7) is 3.47. The third kappa shape index (κ3) is 3.67. The van der Waals surface area contributed by atoms with E-state index < -0.39 is 0 Å². The number of hydrogen-bond donors (Lipinski definition) is 2. The second-order valence-electron chi connectivity index (χ2n) is 5.83. The second-order valence-corrected chi connectivity index (χ2v) is 5.83. The Morgan fingerprint density at radius 1 is 1.32 bits per heavy atom. The predicted molar refractivity (Wildman–Crippen MR) is 84.8 cm³/mol. The first-order chi connectivity index (χ1) is 10.7. The topological polar surface area (TPSA) is 65.7 Å². The normalized spacial score (nSPS) is 17.0. The summed E-state index contributed by atoms with van der Waals surface area (Å²) in [7, 11) is 0. The lowest BCUT2D eigenvalue weighted by Crippen LogP contribution is -2.37. The molecular formula is C17H22N2O3. The lowest BCUT2D eigenvalue weighted by atomic mass is 10.1. The van der Waals surface area contributed by atoms with Gasteiger partial charge < -0.3 is 19.7 Å². The van der Waals surface area contributed by atoms with Gasteiger partial charge in [-0.25, -0.2) is 0 Å². The molecule has 1 aliphatic heterocycles. The summed E-state index contributed by atoms with van der Waals surface area (Å²) in [4.78, 5) is 14.4. The summed E-state index contributed by atoms with van der Waals surface area (Å²) >= 11 is 0. The van der Waals surface area contributed by atoms with Gasteiger partial charge in [-0.3, -0.25) is 4.79 Å². The van der Waals surface area contributed by atoms with Crippen LogP contribution in [0, 0.1) is 0 Å². The minimum Gasteiger partial charge on any atom is -0.451 e. The minimum atomic E-state index is -0.162. The number of carbonyl (C=O) groups is 1. The molecule has 22 heavy (non-hydrogen) atoms. The first-order valence-corrected chi connectivity index (χ1v) is 7.89. The monoisotopic (exact) mass is 302 g/mol. The summed E-state index contributed by atoms with van der Waals surface area (Å²) < 4.78 is 5.54. The largest absolute Gasteiger partial charge is 0.451 e. The third-order valence-electron chi connectivity index (χ3n) is 4.14. The highest BCUT2D eigenvalue weighted by Crippen LogP contribution is 2.18. The molecule has 118 valence electrons. The fraction of sp³-hybridized carbons (Fsp3) is 0.471. The van der Waals surface area contributed by atoms with Crippen LogP contribution in [0.1, 0.15) is 29.8 Å². The first kappa shape index (κ1) is 15.1. The molecule has 0 spiro atoms. The number of hydrogen-bond acceptors (Lipinski definition) is 4. The van der Waals surface area contributed by atoms with E-state index in [4.69, 9.17) is 4.42 Å². The number of nitrogens with one attached hydrogen (secondary N) is 1. The van der Waals surface area contributed by atoms with Crippen molar-refractivity contribution in [1.29, 1.82) is 0 Å². The van der Waals surface area contributed by atoms with Crippen molar-refractivity contribution in [2.75, 3.05) is 26.2 Å². The average Bonchev–Trinajstić information content (AvgIpc) is 2.97. The molecule has 2 heterocycles. The molecule has 1 amide bonds. The zero-order valence-corrected chi connectivity index (χ0v) is 12.6. The van der Waals surface area contributed by atoms with Gasteiger partial charge >= 0.3 is 0 Å². The van der Waals surface area contributed by atoms with Crippen molar-refractivity contribution in [3.63, 3.8) is 0 Å². The number of para-hydroxylation sites is 1. The number of aliphatic hydroxyl groups is 1. The lowest BCUT2D eigenvalue weighted by molar-refractivity contribution is 0.0814. The Morgan fingerprint density at radius 2 is 2.09 bits per heavy atom. The van der Waals surface area contributed by atoms with Gasteiger partial charge in [-0.2, -0.15) is 0 Å². The number of piperidine rings is 1. The van der Waals surface area contributed by atoms with Crippen LogP contribution in [0.3, 0.4) is 0 Å². The Bertz CT molecular complexity index is 597. The van der Waals surface area contributed by atoms with Gasteiger partial charge in [0.15, 0.2) is 5.76 Å². The van der Waals surface area contributed by atoms with Crippen molar-refractivity contribution in [3.05, 3.63) is 36.1 Å². The maximum absolute atomic E-state index is 12.1. The van der Waals surface area contributed by atoms with E-state index >= 15 is 0 Å². The van der Waals surface area contributed by atoms with Gasteiger partial charge in [0.1, 0.15) is 5.58 Å². The molecule has 0 unspecified atom stereocenters. The molecule has 2 aromatic rings. The van der Waals surface area contributed by atoms with E-state index in [1.165, 1.54) is 0 Å². The molecule has 1 aromatic heterocycles. The third-order valence-corrected chi connectivity index (χ3v) is 4.14. The van der Waals surface area contributed by atoms with Gasteiger partial charge in [-0.1, -0.05) is 18.2 Å². The smallest absolute Gasteiger partial charge is 0.287 e. The molecule has 0 bridgehead atoms. The van der Waals surface area contributed by atoms with Crippen LogP contribution in [0.2, 0.25) is 0 Å². The Hall–Kier alpha value is -1.85. The van der Waals surface area contributed by atoms with Crippen LogP contribution in [0.4, 0.5) is 0 Å². The van der Waals surface area contributed by atoms with E-state index in [0.29, 0.717) is 12.3 Å². The Kier molecular flexibility index (Phi) is 4.75. The summed E-state index contributed by atoms with van der Waals surface area (Å²) in [5, 5.41) is 13.3. The zero-order valence-electron chi connectivity index (χ0n) is 12.6. The molecule has 0 saturated carbocycles. The van der Waals surface area contributed by atoms with Gasteiger partial charge in [-0.15, -0.1) is 0 Å². The summed E-state index contributed by atoms with van der Waals surface area (Å²) in [6, 6.07) is 9.38. The summed E-state index contributed by atoms with van der Waals surface area (Å²) in [5.74, 6) is 0.201. The molecule has 2 N–H and O–H groups in total. The number of fused-ring (bicyclic) bond motifs is 1. The van der Waals surface area contributed by atoms with Crippen molar-refractivity contribution in [2.24, 2.45) is 0 Å². The lowest BCUT2D eigenvalue weighted by Gasteiger charge is -2.29. The van der Waals surface area contributed by atoms with Gasteiger partial charge in [0.25, 0.3) is 5.91 Å². The van der Waals surface area contributed by atoms with Crippen LogP contribution in [0.5, 0.6) is 0 Å². The van der Waals surface area contributed by atoms with Crippen molar-refractivity contribution in [3.8, 4) is 0 Å². The molecule has 0 aliphatic carbocycles. The van der Waals surface area contributed by atoms with Crippen molar-refractivity contribution >= 4 is 16.9 Å². The fourth-order valence-corrected chi connectivity index (χ4v) is 2.83. The number of amides is 1. The number of benzene rings is 1. The summed E-state index contributed by atoms with van der Waals surface area (Å²) in [6.07, 6.45) is 2.47. The maximum atomic E-state index is 12.1. The molecule has 5 nitrogen and oxygen atoms in total. The highest BCUT2D eigenvalue weighted by Gasteiger charge is 2.16. The zero-order chi connectivity index (χ0) is 15.4. The highest BCUT2D eigenvalue weighted by atomic mass is 16.3. The van der Waals surface area contributed by atoms with Gasteiger partial charge in [0, 0.05) is 25.0 Å². The Morgan fingerprint density at radius 3 is 2.86 bits per heavy atom. The molecule has 1 saturated heterocycles. The number of rotatable bonds is 5. The maximum Gasteiger partial charge on any atom is 0.287 e.